The third kappa shape index (κ3) is 2.32. The molecule has 0 heterocycles. The number of fused-ring (bicyclic) bond motifs is 6. The molecule has 0 unspecified atom stereocenters. The van der Waals surface area contributed by atoms with Gasteiger partial charge in [0.05, 0.1) is 0 Å². The number of hydrogen-bond acceptors (Lipinski definition) is 0. The Balaban J connectivity index is 1.68. The van der Waals surface area contributed by atoms with Gasteiger partial charge < -0.3 is 0 Å². The molecule has 6 aromatic rings. The van der Waals surface area contributed by atoms with Crippen LogP contribution < -0.4 is 0 Å². The maximum atomic E-state index is 2.36. The summed E-state index contributed by atoms with van der Waals surface area (Å²) >= 11 is 0. The molecule has 28 heavy (non-hydrogen) atoms. The Morgan fingerprint density at radius 2 is 0.857 bits per heavy atom. The minimum Gasteiger partial charge on any atom is -0.0616 e. The van der Waals surface area contributed by atoms with Crippen LogP contribution in [-0.2, 0) is 0 Å². The van der Waals surface area contributed by atoms with E-state index in [1.165, 1.54) is 54.2 Å². The zero-order valence-corrected chi connectivity index (χ0v) is 15.4. The molecule has 0 radical (unpaired) electrons. The molecule has 0 spiro atoms. The van der Waals surface area contributed by atoms with Crippen LogP contribution in [0, 0.1) is 0 Å². The Hall–Kier alpha value is -3.64. The highest BCUT2D eigenvalue weighted by Gasteiger charge is 2.07. The molecule has 0 aliphatic heterocycles. The first kappa shape index (κ1) is 15.4. The second-order valence-corrected chi connectivity index (χ2v) is 7.45. The van der Waals surface area contributed by atoms with Crippen molar-refractivity contribution in [3.63, 3.8) is 0 Å². The minimum absolute atomic E-state index is 1.26. The van der Waals surface area contributed by atoms with Crippen molar-refractivity contribution in [3.05, 3.63) is 109 Å². The molecule has 0 fully saturated rings. The first-order chi connectivity index (χ1) is 13.9. The third-order valence-electron chi connectivity index (χ3n) is 5.81. The van der Waals surface area contributed by atoms with Gasteiger partial charge >= 0.3 is 0 Å². The second-order valence-electron chi connectivity index (χ2n) is 7.45. The van der Waals surface area contributed by atoms with E-state index >= 15 is 0 Å². The molecule has 0 N–H and O–H groups in total. The van der Waals surface area contributed by atoms with Crippen molar-refractivity contribution in [2.75, 3.05) is 0 Å². The highest BCUT2D eigenvalue weighted by molar-refractivity contribution is 6.20. The molecule has 0 aliphatic rings. The van der Waals surface area contributed by atoms with Crippen LogP contribution >= 0.6 is 0 Å². The zero-order chi connectivity index (χ0) is 18.5. The van der Waals surface area contributed by atoms with Crippen molar-refractivity contribution >= 4 is 43.1 Å². The Kier molecular flexibility index (Phi) is 3.27. The van der Waals surface area contributed by atoms with Crippen LogP contribution in [0.5, 0.6) is 0 Å². The van der Waals surface area contributed by atoms with Gasteiger partial charge in [-0.15, -0.1) is 0 Å². The molecule has 0 saturated carbocycles. The van der Waals surface area contributed by atoms with E-state index in [-0.39, 0.29) is 0 Å². The molecular formula is C28H18. The van der Waals surface area contributed by atoms with E-state index in [1.807, 2.05) is 0 Å². The molecule has 0 saturated heterocycles. The van der Waals surface area contributed by atoms with E-state index in [4.69, 9.17) is 0 Å². The Bertz CT molecular complexity index is 1500. The average Bonchev–Trinajstić information content (AvgIpc) is 2.78. The quantitative estimate of drug-likeness (QED) is 0.263. The fourth-order valence-electron chi connectivity index (χ4n) is 4.37. The van der Waals surface area contributed by atoms with Gasteiger partial charge in [-0.2, -0.15) is 0 Å². The van der Waals surface area contributed by atoms with E-state index in [0.717, 1.165) is 0 Å². The molecule has 6 aromatic carbocycles. The van der Waals surface area contributed by atoms with Crippen LogP contribution in [-0.4, -0.2) is 0 Å². The van der Waals surface area contributed by atoms with Gasteiger partial charge in [0.25, 0.3) is 0 Å². The number of benzene rings is 6. The predicted octanol–water partition coefficient (Wildman–Crippen LogP) is 7.97. The topological polar surface area (TPSA) is 0 Å². The van der Waals surface area contributed by atoms with Gasteiger partial charge in [-0.1, -0.05) is 97.1 Å². The molecular weight excluding hydrogens is 336 g/mol. The lowest BCUT2D eigenvalue weighted by Crippen LogP contribution is -1.84. The standard InChI is InChI=1S/C28H18/c1-2-7-23-17-24(15-9-19(23)5-1)25-16-12-21-11-14-22-13-10-20-6-3-4-8-26(20)28(22)27(21)18-25/h1-18H. The Morgan fingerprint density at radius 3 is 1.68 bits per heavy atom. The van der Waals surface area contributed by atoms with Crippen LogP contribution in [0.1, 0.15) is 0 Å². The van der Waals surface area contributed by atoms with Crippen molar-refractivity contribution in [2.24, 2.45) is 0 Å². The summed E-state index contributed by atoms with van der Waals surface area (Å²) in [4.78, 5) is 0. The third-order valence-corrected chi connectivity index (χ3v) is 5.81. The molecule has 0 heteroatoms. The van der Waals surface area contributed by atoms with Crippen molar-refractivity contribution in [1.29, 1.82) is 0 Å². The summed E-state index contributed by atoms with van der Waals surface area (Å²) in [6.45, 7) is 0. The SMILES string of the molecule is c1ccc2cc(-c3ccc4ccc5ccc6ccccc6c5c4c3)ccc2c1. The van der Waals surface area contributed by atoms with Crippen LogP contribution in [0.15, 0.2) is 109 Å². The molecule has 6 rings (SSSR count). The molecule has 0 aromatic heterocycles. The van der Waals surface area contributed by atoms with Crippen LogP contribution in [0.3, 0.4) is 0 Å². The van der Waals surface area contributed by atoms with E-state index in [9.17, 15) is 0 Å². The lowest BCUT2D eigenvalue weighted by molar-refractivity contribution is 1.68. The molecule has 0 bridgehead atoms. The van der Waals surface area contributed by atoms with Crippen LogP contribution in [0.25, 0.3) is 54.2 Å². The van der Waals surface area contributed by atoms with Crippen molar-refractivity contribution in [2.45, 2.75) is 0 Å². The fourth-order valence-corrected chi connectivity index (χ4v) is 4.37. The summed E-state index contributed by atoms with van der Waals surface area (Å²) < 4.78 is 0. The van der Waals surface area contributed by atoms with E-state index in [1.54, 1.807) is 0 Å². The first-order valence-electron chi connectivity index (χ1n) is 9.70. The fraction of sp³-hybridized carbons (Fsp3) is 0. The van der Waals surface area contributed by atoms with E-state index in [2.05, 4.69) is 109 Å². The summed E-state index contributed by atoms with van der Waals surface area (Å²) in [6, 6.07) is 39.7. The molecule has 130 valence electrons. The van der Waals surface area contributed by atoms with Gasteiger partial charge in [0, 0.05) is 0 Å². The molecule has 0 aliphatic carbocycles. The normalized spacial score (nSPS) is 11.6. The Morgan fingerprint density at radius 1 is 0.321 bits per heavy atom. The predicted molar refractivity (Wildman–Crippen MR) is 122 cm³/mol. The van der Waals surface area contributed by atoms with Crippen molar-refractivity contribution in [1.82, 2.24) is 0 Å². The average molecular weight is 354 g/mol. The Labute approximate surface area is 163 Å². The summed E-state index contributed by atoms with van der Waals surface area (Å²) in [5.74, 6) is 0. The highest BCUT2D eigenvalue weighted by atomic mass is 14.1. The summed E-state index contributed by atoms with van der Waals surface area (Å²) in [6.07, 6.45) is 0. The second kappa shape index (κ2) is 5.94. The largest absolute Gasteiger partial charge is 0.0616 e. The molecule has 0 nitrogen and oxygen atoms in total. The number of rotatable bonds is 1. The van der Waals surface area contributed by atoms with E-state index < -0.39 is 0 Å². The lowest BCUT2D eigenvalue weighted by atomic mass is 9.93. The highest BCUT2D eigenvalue weighted by Crippen LogP contribution is 2.35. The van der Waals surface area contributed by atoms with Gasteiger partial charge in [-0.25, -0.2) is 0 Å². The van der Waals surface area contributed by atoms with Crippen LogP contribution in [0.2, 0.25) is 0 Å². The maximum Gasteiger partial charge on any atom is -0.00266 e. The van der Waals surface area contributed by atoms with Gasteiger partial charge in [-0.3, -0.25) is 0 Å². The molecule has 0 amide bonds. The smallest absolute Gasteiger partial charge is 0.00266 e. The zero-order valence-electron chi connectivity index (χ0n) is 15.4. The number of hydrogen-bond donors (Lipinski definition) is 0. The maximum absolute atomic E-state index is 2.36. The first-order valence-corrected chi connectivity index (χ1v) is 9.70. The van der Waals surface area contributed by atoms with Gasteiger partial charge in [0.2, 0.25) is 0 Å². The van der Waals surface area contributed by atoms with Gasteiger partial charge in [0.15, 0.2) is 0 Å². The van der Waals surface area contributed by atoms with Crippen molar-refractivity contribution < 1.29 is 0 Å². The monoisotopic (exact) mass is 354 g/mol. The summed E-state index contributed by atoms with van der Waals surface area (Å²) in [5.41, 5.74) is 2.52. The van der Waals surface area contributed by atoms with Crippen molar-refractivity contribution in [3.8, 4) is 11.1 Å². The van der Waals surface area contributed by atoms with Crippen LogP contribution in [0.4, 0.5) is 0 Å². The van der Waals surface area contributed by atoms with Gasteiger partial charge in [0.1, 0.15) is 0 Å². The van der Waals surface area contributed by atoms with E-state index in [0.29, 0.717) is 0 Å². The lowest BCUT2D eigenvalue weighted by Gasteiger charge is -2.11. The van der Waals surface area contributed by atoms with Gasteiger partial charge in [-0.05, 0) is 66.3 Å². The minimum atomic E-state index is 1.26. The summed E-state index contributed by atoms with van der Waals surface area (Å²) in [5, 5.41) is 10.4. The molecule has 0 atom stereocenters. The summed E-state index contributed by atoms with van der Waals surface area (Å²) in [7, 11) is 0.